The molecule has 1 unspecified atom stereocenters. The number of rotatable bonds is 15. The molecule has 0 radical (unpaired) electrons. The molecule has 6 aromatic rings. The fourth-order valence-electron chi connectivity index (χ4n) is 17.0. The van der Waals surface area contributed by atoms with Gasteiger partial charge >= 0.3 is 18.3 Å². The van der Waals surface area contributed by atoms with E-state index in [9.17, 15) is 19.2 Å². The van der Waals surface area contributed by atoms with Crippen molar-refractivity contribution in [3.8, 4) is 22.3 Å². The van der Waals surface area contributed by atoms with Crippen molar-refractivity contribution in [1.82, 2.24) is 16.0 Å². The molecule has 0 aliphatic heterocycles. The lowest BCUT2D eigenvalue weighted by molar-refractivity contribution is -0.150. The first kappa shape index (κ1) is 61.0. The molecular weight excluding hydrogens is 1110 g/mol. The van der Waals surface area contributed by atoms with Crippen LogP contribution >= 0.6 is 0 Å². The zero-order valence-electron chi connectivity index (χ0n) is 52.6. The van der Waals surface area contributed by atoms with Crippen molar-refractivity contribution in [3.63, 3.8) is 0 Å². The van der Waals surface area contributed by atoms with E-state index in [0.29, 0.717) is 43.6 Å². The molecule has 464 valence electrons. The van der Waals surface area contributed by atoms with E-state index in [-0.39, 0.29) is 60.5 Å². The summed E-state index contributed by atoms with van der Waals surface area (Å²) in [5, 5.41) is 15.0. The molecule has 7 atom stereocenters. The summed E-state index contributed by atoms with van der Waals surface area (Å²) in [6.45, 7) is 14.7. The van der Waals surface area contributed by atoms with Gasteiger partial charge in [0.1, 0.15) is 24.9 Å². The van der Waals surface area contributed by atoms with Crippen LogP contribution in [0.1, 0.15) is 175 Å². The number of alkyl carbamates (subject to hydrolysis) is 2. The quantitative estimate of drug-likeness (QED) is 0.0378. The third-order valence-corrected chi connectivity index (χ3v) is 21.4. The fourth-order valence-corrected chi connectivity index (χ4v) is 17.0. The van der Waals surface area contributed by atoms with E-state index >= 15 is 9.59 Å². The molecule has 6 amide bonds. The zero-order valence-corrected chi connectivity index (χ0v) is 52.6. The summed E-state index contributed by atoms with van der Waals surface area (Å²) < 4.78 is 17.4. The highest BCUT2D eigenvalue weighted by atomic mass is 16.6. The number of nitrogens with one attached hydrogen (secondary N) is 5. The van der Waals surface area contributed by atoms with Crippen molar-refractivity contribution in [2.24, 2.45) is 22.7 Å². The summed E-state index contributed by atoms with van der Waals surface area (Å²) in [7, 11) is 0. The number of anilines is 2. The van der Waals surface area contributed by atoms with E-state index < -0.39 is 52.1 Å². The SMILES string of the molecule is CC(C)(C)OC(=O)Nc1ccc2c(c1)[C@@]1(C)CCC[C@](C)(C(=O)NC(=O)[C@@]3(C)CCC[C@]4(C)c5cc(NC(=O)C(CCCCNC(=O)OCC6c7ccccc7-c7ccccc76)NC(=O)OCC6c7ccccc7-c7ccccc76)ccc5CC[C@@H]34)[C@@H]1CC2. The molecular formula is C75H85N5O9. The van der Waals surface area contributed by atoms with Crippen molar-refractivity contribution in [1.29, 1.82) is 0 Å². The van der Waals surface area contributed by atoms with Gasteiger partial charge in [-0.1, -0.05) is 150 Å². The van der Waals surface area contributed by atoms with Crippen molar-refractivity contribution in [3.05, 3.63) is 178 Å². The monoisotopic (exact) mass is 1200 g/mol. The molecule has 0 heterocycles. The highest BCUT2D eigenvalue weighted by Gasteiger charge is 2.59. The number of aryl methyl sites for hydroxylation is 2. The fraction of sp³-hybridized carbons (Fsp3) is 0.440. The predicted molar refractivity (Wildman–Crippen MR) is 346 cm³/mol. The minimum atomic E-state index is -0.982. The second-order valence-electron chi connectivity index (χ2n) is 28.0. The molecule has 2 fully saturated rings. The van der Waals surface area contributed by atoms with Crippen LogP contribution in [-0.4, -0.2) is 67.4 Å². The van der Waals surface area contributed by atoms with Crippen LogP contribution in [0.2, 0.25) is 0 Å². The summed E-state index contributed by atoms with van der Waals surface area (Å²) in [5.41, 5.74) is 11.7. The maximum atomic E-state index is 15.1. The highest BCUT2D eigenvalue weighted by molar-refractivity contribution is 6.01. The molecule has 6 aliphatic carbocycles. The van der Waals surface area contributed by atoms with Gasteiger partial charge in [-0.25, -0.2) is 14.4 Å². The maximum absolute atomic E-state index is 15.1. The first-order valence-electron chi connectivity index (χ1n) is 32.3. The lowest BCUT2D eigenvalue weighted by atomic mass is 9.49. The van der Waals surface area contributed by atoms with Crippen molar-refractivity contribution in [2.45, 2.75) is 166 Å². The Morgan fingerprint density at radius 3 is 1.43 bits per heavy atom. The molecule has 14 nitrogen and oxygen atoms in total. The first-order valence-corrected chi connectivity index (χ1v) is 32.3. The Kier molecular flexibility index (Phi) is 16.6. The summed E-state index contributed by atoms with van der Waals surface area (Å²) in [6.07, 6.45) is 7.25. The van der Waals surface area contributed by atoms with Gasteiger partial charge in [0.15, 0.2) is 0 Å². The van der Waals surface area contributed by atoms with Crippen LogP contribution in [0, 0.1) is 22.7 Å². The molecule has 14 heteroatoms. The molecule has 0 aromatic heterocycles. The van der Waals surface area contributed by atoms with Crippen LogP contribution in [0.25, 0.3) is 22.3 Å². The van der Waals surface area contributed by atoms with Gasteiger partial charge in [-0.15, -0.1) is 0 Å². The normalized spacial score (nSPS) is 24.0. The minimum absolute atomic E-state index is 0.0343. The number of carbonyl (C=O) groups excluding carboxylic acids is 6. The highest BCUT2D eigenvalue weighted by Crippen LogP contribution is 2.60. The van der Waals surface area contributed by atoms with Gasteiger partial charge in [-0.05, 0) is 205 Å². The number of hydrogen-bond acceptors (Lipinski definition) is 9. The molecule has 0 bridgehead atoms. The first-order chi connectivity index (χ1) is 42.7. The van der Waals surface area contributed by atoms with E-state index in [1.165, 1.54) is 5.56 Å². The van der Waals surface area contributed by atoms with Crippen LogP contribution in [0.5, 0.6) is 0 Å². The lowest BCUT2D eigenvalue weighted by Crippen LogP contribution is -2.60. The number of amides is 6. The largest absolute Gasteiger partial charge is 0.449 e. The predicted octanol–water partition coefficient (Wildman–Crippen LogP) is 15.0. The Balaban J connectivity index is 0.712. The zero-order chi connectivity index (χ0) is 62.5. The second-order valence-corrected chi connectivity index (χ2v) is 28.0. The van der Waals surface area contributed by atoms with E-state index in [0.717, 1.165) is 113 Å². The number of imide groups is 1. The Morgan fingerprint density at radius 1 is 0.528 bits per heavy atom. The second kappa shape index (κ2) is 24.3. The molecule has 0 saturated heterocycles. The number of hydrogen-bond donors (Lipinski definition) is 5. The molecule has 12 rings (SSSR count). The van der Waals surface area contributed by atoms with Crippen molar-refractivity contribution < 1.29 is 43.0 Å². The standard InChI is InChI=1S/C75H85N5O9/c1-71(2,3)89-70(86)78-49-34-30-47-32-36-64-73(5,61(47)43-49)38-19-40-75(64,7)67(83)80-66(82)74(6)39-18-37-72(4)60-42-48(33-29-46(60)31-35-63(72)74)77-65(81)62(79-69(85)88-45-59-56-26-14-10-22-52(56)53-23-11-15-27-57(53)59)28-16-17-41-76-68(84)87-44-58-54-24-12-8-20-50(54)51-21-9-13-25-55(51)58/h8-15,20-27,29-30,33-34,42-43,58-59,62-64H,16-19,28,31-32,35-41,44-45H2,1-7H3,(H,76,84)(H,77,81)(H,78,86)(H,79,85)(H,80,82,83)/t62?,63-,64-,72-,73-,74+,75+/m1/s1. The van der Waals surface area contributed by atoms with Crippen LogP contribution in [0.4, 0.5) is 25.8 Å². The van der Waals surface area contributed by atoms with Crippen LogP contribution in [-0.2, 0) is 52.3 Å². The number of fused-ring (bicyclic) bond motifs is 12. The molecule has 0 spiro atoms. The third kappa shape index (κ3) is 11.7. The van der Waals surface area contributed by atoms with Gasteiger partial charge in [-0.2, -0.15) is 0 Å². The maximum Gasteiger partial charge on any atom is 0.412 e. The van der Waals surface area contributed by atoms with Crippen LogP contribution < -0.4 is 26.6 Å². The Hall–Kier alpha value is -8.26. The molecule has 6 aliphatic rings. The minimum Gasteiger partial charge on any atom is -0.449 e. The summed E-state index contributed by atoms with van der Waals surface area (Å²) in [6, 6.07) is 43.8. The Bertz CT molecular complexity index is 3670. The van der Waals surface area contributed by atoms with Crippen molar-refractivity contribution in [2.75, 3.05) is 30.4 Å². The van der Waals surface area contributed by atoms with E-state index in [1.807, 2.05) is 88.4 Å². The van der Waals surface area contributed by atoms with Gasteiger partial charge in [0.2, 0.25) is 17.7 Å². The summed E-state index contributed by atoms with van der Waals surface area (Å²) in [5.74, 6) is -1.21. The van der Waals surface area contributed by atoms with Gasteiger partial charge in [0, 0.05) is 29.8 Å². The molecule has 2 saturated carbocycles. The number of carbonyl (C=O) groups is 6. The summed E-state index contributed by atoms with van der Waals surface area (Å²) >= 11 is 0. The van der Waals surface area contributed by atoms with Gasteiger partial charge < -0.3 is 30.2 Å². The lowest BCUT2D eigenvalue weighted by Gasteiger charge is -2.56. The van der Waals surface area contributed by atoms with Gasteiger partial charge in [-0.3, -0.25) is 25.0 Å². The number of ether oxygens (including phenoxy) is 3. The average molecular weight is 1200 g/mol. The van der Waals surface area contributed by atoms with E-state index in [2.05, 4.69) is 120 Å². The Labute approximate surface area is 523 Å². The molecule has 89 heavy (non-hydrogen) atoms. The topological polar surface area (TPSA) is 190 Å². The average Bonchev–Trinajstić information content (AvgIpc) is 1.68. The Morgan fingerprint density at radius 2 is 0.966 bits per heavy atom. The van der Waals surface area contributed by atoms with E-state index in [4.69, 9.17) is 14.2 Å². The number of benzene rings is 6. The summed E-state index contributed by atoms with van der Waals surface area (Å²) in [4.78, 5) is 84.7. The molecule has 6 aromatic carbocycles. The van der Waals surface area contributed by atoms with Crippen molar-refractivity contribution >= 4 is 47.4 Å². The van der Waals surface area contributed by atoms with Gasteiger partial charge in [0.05, 0.1) is 10.8 Å². The van der Waals surface area contributed by atoms with Gasteiger partial charge in [0.25, 0.3) is 0 Å². The third-order valence-electron chi connectivity index (χ3n) is 21.4. The van der Waals surface area contributed by atoms with E-state index in [1.54, 1.807) is 0 Å². The number of unbranched alkanes of at least 4 members (excludes halogenated alkanes) is 1. The van der Waals surface area contributed by atoms with Crippen LogP contribution in [0.15, 0.2) is 133 Å². The van der Waals surface area contributed by atoms with Crippen LogP contribution in [0.3, 0.4) is 0 Å². The smallest absolute Gasteiger partial charge is 0.412 e. The molecule has 5 N–H and O–H groups in total.